The molecule has 0 unspecified atom stereocenters. The van der Waals surface area contributed by atoms with Crippen LogP contribution in [0.25, 0.3) is 0 Å². The fraction of sp³-hybridized carbons (Fsp3) is 0.0714. The highest BCUT2D eigenvalue weighted by Crippen LogP contribution is 2.24. The minimum atomic E-state index is -0.476. The van der Waals surface area contributed by atoms with E-state index in [2.05, 4.69) is 5.32 Å². The Kier molecular flexibility index (Phi) is 3.28. The first-order chi connectivity index (χ1) is 8.56. The van der Waals surface area contributed by atoms with Crippen LogP contribution in [0, 0.1) is 12.7 Å². The van der Waals surface area contributed by atoms with Gasteiger partial charge in [0.1, 0.15) is 11.6 Å². The van der Waals surface area contributed by atoms with Crippen LogP contribution in [0.4, 0.5) is 10.1 Å². The molecule has 2 rings (SSSR count). The van der Waals surface area contributed by atoms with Gasteiger partial charge in [-0.3, -0.25) is 4.79 Å². The van der Waals surface area contributed by atoms with Crippen molar-refractivity contribution < 1.29 is 14.3 Å². The van der Waals surface area contributed by atoms with Crippen LogP contribution < -0.4 is 5.32 Å². The molecule has 2 aromatic rings. The van der Waals surface area contributed by atoms with E-state index in [1.807, 2.05) is 6.92 Å². The molecule has 4 heteroatoms. The van der Waals surface area contributed by atoms with Gasteiger partial charge in [0.2, 0.25) is 0 Å². The van der Waals surface area contributed by atoms with Gasteiger partial charge in [-0.15, -0.1) is 0 Å². The number of carbonyl (C=O) groups is 1. The van der Waals surface area contributed by atoms with Crippen LogP contribution in [0.1, 0.15) is 15.9 Å². The molecule has 0 atom stereocenters. The van der Waals surface area contributed by atoms with E-state index in [4.69, 9.17) is 0 Å². The van der Waals surface area contributed by atoms with Crippen molar-refractivity contribution in [3.63, 3.8) is 0 Å². The summed E-state index contributed by atoms with van der Waals surface area (Å²) >= 11 is 0. The molecule has 0 spiro atoms. The van der Waals surface area contributed by atoms with Gasteiger partial charge in [-0.25, -0.2) is 4.39 Å². The lowest BCUT2D eigenvalue weighted by atomic mass is 10.1. The van der Waals surface area contributed by atoms with Crippen LogP contribution in [-0.4, -0.2) is 11.0 Å². The molecule has 0 heterocycles. The molecule has 0 aliphatic heterocycles. The molecule has 18 heavy (non-hydrogen) atoms. The Balaban J connectivity index is 2.24. The summed E-state index contributed by atoms with van der Waals surface area (Å²) in [6, 6.07) is 10.2. The van der Waals surface area contributed by atoms with Gasteiger partial charge in [-0.05, 0) is 42.8 Å². The molecule has 0 saturated heterocycles. The summed E-state index contributed by atoms with van der Waals surface area (Å²) in [5.41, 5.74) is 1.42. The fourth-order valence-corrected chi connectivity index (χ4v) is 1.57. The molecule has 3 nitrogen and oxygen atoms in total. The molecule has 0 saturated carbocycles. The molecule has 92 valence electrons. The van der Waals surface area contributed by atoms with E-state index in [1.165, 1.54) is 24.3 Å². The first kappa shape index (κ1) is 12.1. The zero-order valence-electron chi connectivity index (χ0n) is 9.77. The fourth-order valence-electron chi connectivity index (χ4n) is 1.57. The third-order valence-electron chi connectivity index (χ3n) is 2.49. The Morgan fingerprint density at radius 2 is 2.00 bits per heavy atom. The minimum Gasteiger partial charge on any atom is -0.506 e. The maximum atomic E-state index is 13.0. The van der Waals surface area contributed by atoms with E-state index >= 15 is 0 Å². The second-order valence-electron chi connectivity index (χ2n) is 3.99. The van der Waals surface area contributed by atoms with E-state index in [0.717, 1.165) is 11.6 Å². The SMILES string of the molecule is Cc1ccc(O)c(NC(=O)c2cccc(F)c2)c1. The largest absolute Gasteiger partial charge is 0.506 e. The number of hydrogen-bond donors (Lipinski definition) is 2. The number of anilines is 1. The molecule has 2 N–H and O–H groups in total. The normalized spacial score (nSPS) is 10.1. The van der Waals surface area contributed by atoms with E-state index in [1.54, 1.807) is 12.1 Å². The standard InChI is InChI=1S/C14H12FNO2/c1-9-5-6-13(17)12(7-9)16-14(18)10-3-2-4-11(15)8-10/h2-8,17H,1H3,(H,16,18). The van der Waals surface area contributed by atoms with E-state index < -0.39 is 11.7 Å². The Bertz CT molecular complexity index is 596. The molecule has 0 fully saturated rings. The molecule has 0 aliphatic rings. The smallest absolute Gasteiger partial charge is 0.255 e. The predicted molar refractivity (Wildman–Crippen MR) is 67.2 cm³/mol. The van der Waals surface area contributed by atoms with Gasteiger partial charge in [0.05, 0.1) is 5.69 Å². The number of amides is 1. The number of phenols is 1. The number of carbonyl (C=O) groups excluding carboxylic acids is 1. The van der Waals surface area contributed by atoms with Crippen LogP contribution in [-0.2, 0) is 0 Å². The van der Waals surface area contributed by atoms with Gasteiger partial charge in [-0.2, -0.15) is 0 Å². The lowest BCUT2D eigenvalue weighted by Crippen LogP contribution is -2.12. The van der Waals surface area contributed by atoms with Gasteiger partial charge >= 0.3 is 0 Å². The van der Waals surface area contributed by atoms with Crippen molar-refractivity contribution in [1.82, 2.24) is 0 Å². The number of aromatic hydroxyl groups is 1. The Morgan fingerprint density at radius 1 is 1.22 bits per heavy atom. The van der Waals surface area contributed by atoms with E-state index in [-0.39, 0.29) is 11.3 Å². The van der Waals surface area contributed by atoms with Crippen LogP contribution in [0.3, 0.4) is 0 Å². The number of nitrogens with one attached hydrogen (secondary N) is 1. The highest BCUT2D eigenvalue weighted by Gasteiger charge is 2.09. The first-order valence-corrected chi connectivity index (χ1v) is 5.43. The zero-order chi connectivity index (χ0) is 13.1. The van der Waals surface area contributed by atoms with Gasteiger partial charge in [0.15, 0.2) is 0 Å². The Morgan fingerprint density at radius 3 is 2.72 bits per heavy atom. The van der Waals surface area contributed by atoms with Crippen molar-refractivity contribution in [1.29, 1.82) is 0 Å². The minimum absolute atomic E-state index is 0.0228. The second kappa shape index (κ2) is 4.87. The number of rotatable bonds is 2. The summed E-state index contributed by atoms with van der Waals surface area (Å²) in [6.07, 6.45) is 0. The molecule has 0 radical (unpaired) electrons. The van der Waals surface area contributed by atoms with Crippen LogP contribution in [0.2, 0.25) is 0 Å². The van der Waals surface area contributed by atoms with Gasteiger partial charge < -0.3 is 10.4 Å². The zero-order valence-corrected chi connectivity index (χ0v) is 9.77. The summed E-state index contributed by atoms with van der Waals surface area (Å²) in [5.74, 6) is -0.961. The van der Waals surface area contributed by atoms with Crippen molar-refractivity contribution in [2.45, 2.75) is 6.92 Å². The molecule has 2 aromatic carbocycles. The average Bonchev–Trinajstić information content (AvgIpc) is 2.34. The summed E-state index contributed by atoms with van der Waals surface area (Å²) in [6.45, 7) is 1.84. The molecular formula is C14H12FNO2. The van der Waals surface area contributed by atoms with Gasteiger partial charge in [0, 0.05) is 5.56 Å². The van der Waals surface area contributed by atoms with Crippen molar-refractivity contribution in [3.05, 3.63) is 59.4 Å². The summed E-state index contributed by atoms with van der Waals surface area (Å²) in [7, 11) is 0. The number of halogens is 1. The van der Waals surface area contributed by atoms with E-state index in [9.17, 15) is 14.3 Å². The maximum absolute atomic E-state index is 13.0. The monoisotopic (exact) mass is 245 g/mol. The molecule has 0 aromatic heterocycles. The van der Waals surface area contributed by atoms with E-state index in [0.29, 0.717) is 5.69 Å². The first-order valence-electron chi connectivity index (χ1n) is 5.43. The van der Waals surface area contributed by atoms with Crippen molar-refractivity contribution in [2.24, 2.45) is 0 Å². The lowest BCUT2D eigenvalue weighted by Gasteiger charge is -2.08. The third-order valence-corrected chi connectivity index (χ3v) is 2.49. The van der Waals surface area contributed by atoms with Crippen LogP contribution in [0.5, 0.6) is 5.75 Å². The highest BCUT2D eigenvalue weighted by atomic mass is 19.1. The molecule has 1 amide bonds. The van der Waals surface area contributed by atoms with Gasteiger partial charge in [0.25, 0.3) is 5.91 Å². The quantitative estimate of drug-likeness (QED) is 0.799. The topological polar surface area (TPSA) is 49.3 Å². The number of aryl methyl sites for hydroxylation is 1. The number of phenolic OH excluding ortho intramolecular Hbond substituents is 1. The Labute approximate surface area is 104 Å². The predicted octanol–water partition coefficient (Wildman–Crippen LogP) is 3.09. The van der Waals surface area contributed by atoms with Crippen molar-refractivity contribution in [2.75, 3.05) is 5.32 Å². The molecule has 0 bridgehead atoms. The summed E-state index contributed by atoms with van der Waals surface area (Å²) in [5, 5.41) is 12.1. The third kappa shape index (κ3) is 2.66. The second-order valence-corrected chi connectivity index (χ2v) is 3.99. The van der Waals surface area contributed by atoms with Crippen molar-refractivity contribution in [3.8, 4) is 5.75 Å². The summed E-state index contributed by atoms with van der Waals surface area (Å²) in [4.78, 5) is 11.8. The number of hydrogen-bond acceptors (Lipinski definition) is 2. The van der Waals surface area contributed by atoms with Crippen LogP contribution in [0.15, 0.2) is 42.5 Å². The maximum Gasteiger partial charge on any atom is 0.255 e. The molecular weight excluding hydrogens is 233 g/mol. The number of benzene rings is 2. The average molecular weight is 245 g/mol. The summed E-state index contributed by atoms with van der Waals surface area (Å²) < 4.78 is 13.0. The lowest BCUT2D eigenvalue weighted by molar-refractivity contribution is 0.102. The molecule has 0 aliphatic carbocycles. The highest BCUT2D eigenvalue weighted by molar-refractivity contribution is 6.05. The van der Waals surface area contributed by atoms with Crippen molar-refractivity contribution >= 4 is 11.6 Å². The van der Waals surface area contributed by atoms with Gasteiger partial charge in [-0.1, -0.05) is 12.1 Å². The van der Waals surface area contributed by atoms with Crippen LogP contribution >= 0.6 is 0 Å². The Hall–Kier alpha value is -2.36.